The number of nitrogens with two attached hydrogens (primary N) is 1. The Bertz CT molecular complexity index is 403. The number of thioether (sulfide) groups is 1. The van der Waals surface area contributed by atoms with Gasteiger partial charge < -0.3 is 11.1 Å². The molecule has 0 radical (unpaired) electrons. The van der Waals surface area contributed by atoms with E-state index in [1.54, 1.807) is 0 Å². The molecule has 0 unspecified atom stereocenters. The Balaban J connectivity index is 1.76. The molecule has 1 aromatic heterocycles. The molecule has 0 saturated heterocycles. The summed E-state index contributed by atoms with van der Waals surface area (Å²) in [6.45, 7) is 0. The molecule has 92 valence electrons. The maximum absolute atomic E-state index is 5.79. The lowest BCUT2D eigenvalue weighted by Gasteiger charge is -2.18. The zero-order chi connectivity index (χ0) is 11.8. The summed E-state index contributed by atoms with van der Waals surface area (Å²) < 4.78 is 0. The van der Waals surface area contributed by atoms with Crippen molar-refractivity contribution in [1.29, 1.82) is 0 Å². The molecule has 0 aromatic carbocycles. The highest BCUT2D eigenvalue weighted by molar-refractivity contribution is 7.98. The van der Waals surface area contributed by atoms with E-state index in [2.05, 4.69) is 15.3 Å². The van der Waals surface area contributed by atoms with Crippen LogP contribution in [-0.2, 0) is 0 Å². The SMILES string of the molecule is CSc1nc(N)cc(NC(C2CC2)C2CC2)n1. The van der Waals surface area contributed by atoms with Crippen LogP contribution in [0.5, 0.6) is 0 Å². The van der Waals surface area contributed by atoms with Gasteiger partial charge in [0, 0.05) is 12.1 Å². The number of hydrogen-bond donors (Lipinski definition) is 2. The first kappa shape index (κ1) is 11.1. The molecule has 3 rings (SSSR count). The van der Waals surface area contributed by atoms with Crippen molar-refractivity contribution in [2.24, 2.45) is 11.8 Å². The molecule has 0 atom stereocenters. The molecule has 17 heavy (non-hydrogen) atoms. The summed E-state index contributed by atoms with van der Waals surface area (Å²) in [5, 5.41) is 4.32. The van der Waals surface area contributed by atoms with Crippen LogP contribution in [0.1, 0.15) is 25.7 Å². The topological polar surface area (TPSA) is 63.8 Å². The highest BCUT2D eigenvalue weighted by Gasteiger charge is 2.41. The lowest BCUT2D eigenvalue weighted by Crippen LogP contribution is -2.25. The third kappa shape index (κ3) is 2.65. The van der Waals surface area contributed by atoms with E-state index in [4.69, 9.17) is 5.73 Å². The quantitative estimate of drug-likeness (QED) is 0.620. The van der Waals surface area contributed by atoms with Gasteiger partial charge in [0.25, 0.3) is 0 Å². The minimum absolute atomic E-state index is 0.553. The van der Waals surface area contributed by atoms with Gasteiger partial charge in [0.2, 0.25) is 0 Å². The van der Waals surface area contributed by atoms with Crippen molar-refractivity contribution in [3.8, 4) is 0 Å². The molecule has 0 bridgehead atoms. The zero-order valence-corrected chi connectivity index (χ0v) is 10.8. The Morgan fingerprint density at radius 2 is 1.94 bits per heavy atom. The first-order valence-corrected chi connectivity index (χ1v) is 7.44. The fourth-order valence-corrected chi connectivity index (χ4v) is 2.70. The van der Waals surface area contributed by atoms with E-state index in [0.717, 1.165) is 22.8 Å². The van der Waals surface area contributed by atoms with Gasteiger partial charge in [-0.15, -0.1) is 0 Å². The lowest BCUT2D eigenvalue weighted by atomic mass is 10.1. The predicted octanol–water partition coefficient (Wildman–Crippen LogP) is 2.38. The van der Waals surface area contributed by atoms with Crippen molar-refractivity contribution in [3.63, 3.8) is 0 Å². The van der Waals surface area contributed by atoms with Gasteiger partial charge in [-0.25, -0.2) is 9.97 Å². The minimum atomic E-state index is 0.553. The van der Waals surface area contributed by atoms with Crippen molar-refractivity contribution < 1.29 is 0 Å². The summed E-state index contributed by atoms with van der Waals surface area (Å²) in [5.74, 6) is 3.16. The van der Waals surface area contributed by atoms with Gasteiger partial charge in [-0.2, -0.15) is 0 Å². The maximum Gasteiger partial charge on any atom is 0.191 e. The number of aromatic nitrogens is 2. The first-order valence-electron chi connectivity index (χ1n) is 6.21. The molecular formula is C12H18N4S. The molecule has 1 aromatic rings. The van der Waals surface area contributed by atoms with Gasteiger partial charge in [0.05, 0.1) is 0 Å². The third-order valence-corrected chi connectivity index (χ3v) is 4.03. The van der Waals surface area contributed by atoms with Crippen LogP contribution in [0.25, 0.3) is 0 Å². The first-order chi connectivity index (χ1) is 8.26. The Morgan fingerprint density at radius 1 is 1.29 bits per heavy atom. The smallest absolute Gasteiger partial charge is 0.191 e. The van der Waals surface area contributed by atoms with Gasteiger partial charge in [-0.05, 0) is 43.8 Å². The molecule has 4 nitrogen and oxygen atoms in total. The van der Waals surface area contributed by atoms with Gasteiger partial charge in [0.1, 0.15) is 11.6 Å². The van der Waals surface area contributed by atoms with Crippen molar-refractivity contribution in [2.45, 2.75) is 36.9 Å². The van der Waals surface area contributed by atoms with Crippen LogP contribution in [-0.4, -0.2) is 22.3 Å². The summed E-state index contributed by atoms with van der Waals surface area (Å²) in [4.78, 5) is 8.64. The Hall–Kier alpha value is -0.970. The van der Waals surface area contributed by atoms with E-state index in [-0.39, 0.29) is 0 Å². The molecule has 2 aliphatic rings. The van der Waals surface area contributed by atoms with Crippen LogP contribution in [0.3, 0.4) is 0 Å². The normalized spacial score (nSPS) is 19.6. The highest BCUT2D eigenvalue weighted by atomic mass is 32.2. The fourth-order valence-electron chi connectivity index (χ4n) is 2.31. The number of rotatable bonds is 5. The lowest BCUT2D eigenvalue weighted by molar-refractivity contribution is 0.564. The van der Waals surface area contributed by atoms with Crippen molar-refractivity contribution >= 4 is 23.4 Å². The van der Waals surface area contributed by atoms with Gasteiger partial charge in [0.15, 0.2) is 5.16 Å². The average molecular weight is 250 g/mol. The van der Waals surface area contributed by atoms with Crippen LogP contribution in [0.4, 0.5) is 11.6 Å². The van der Waals surface area contributed by atoms with Crippen LogP contribution >= 0.6 is 11.8 Å². The molecular weight excluding hydrogens is 232 g/mol. The second kappa shape index (κ2) is 4.37. The molecule has 0 spiro atoms. The van der Waals surface area contributed by atoms with E-state index in [0.29, 0.717) is 11.9 Å². The summed E-state index contributed by atoms with van der Waals surface area (Å²) in [7, 11) is 0. The second-order valence-corrected chi connectivity index (χ2v) is 5.78. The van der Waals surface area contributed by atoms with E-state index < -0.39 is 0 Å². The monoisotopic (exact) mass is 250 g/mol. The van der Waals surface area contributed by atoms with Crippen molar-refractivity contribution in [3.05, 3.63) is 6.07 Å². The van der Waals surface area contributed by atoms with E-state index in [9.17, 15) is 0 Å². The number of anilines is 2. The number of hydrogen-bond acceptors (Lipinski definition) is 5. The minimum Gasteiger partial charge on any atom is -0.383 e. The van der Waals surface area contributed by atoms with Crippen molar-refractivity contribution in [2.75, 3.05) is 17.3 Å². The number of nitrogen functional groups attached to an aromatic ring is 1. The summed E-state index contributed by atoms with van der Waals surface area (Å²) >= 11 is 1.53. The highest BCUT2D eigenvalue weighted by Crippen LogP contribution is 2.45. The molecule has 5 heteroatoms. The standard InChI is InChI=1S/C12H18N4S/c1-17-12-14-9(13)6-10(16-12)15-11(7-2-3-7)8-4-5-8/h6-8,11H,2-5H2,1H3,(H3,13,14,15,16). The summed E-state index contributed by atoms with van der Waals surface area (Å²) in [5.41, 5.74) is 5.79. The third-order valence-electron chi connectivity index (χ3n) is 3.48. The molecule has 2 saturated carbocycles. The Kier molecular flexibility index (Phi) is 2.86. The van der Waals surface area contributed by atoms with E-state index in [1.165, 1.54) is 37.4 Å². The van der Waals surface area contributed by atoms with E-state index in [1.807, 2.05) is 12.3 Å². The molecule has 0 aliphatic heterocycles. The van der Waals surface area contributed by atoms with Crippen molar-refractivity contribution in [1.82, 2.24) is 9.97 Å². The molecule has 0 amide bonds. The predicted molar refractivity (Wildman–Crippen MR) is 71.1 cm³/mol. The molecule has 2 fully saturated rings. The number of nitrogens with one attached hydrogen (secondary N) is 1. The van der Waals surface area contributed by atoms with Gasteiger partial charge in [-0.1, -0.05) is 11.8 Å². The van der Waals surface area contributed by atoms with Gasteiger partial charge in [-0.3, -0.25) is 0 Å². The molecule has 2 aliphatic carbocycles. The maximum atomic E-state index is 5.79. The van der Waals surface area contributed by atoms with Crippen LogP contribution in [0.15, 0.2) is 11.2 Å². The average Bonchev–Trinajstić information content (AvgIpc) is 3.16. The summed E-state index contributed by atoms with van der Waals surface area (Å²) in [6.07, 6.45) is 7.43. The Labute approximate surface area is 106 Å². The van der Waals surface area contributed by atoms with E-state index >= 15 is 0 Å². The fraction of sp³-hybridized carbons (Fsp3) is 0.667. The Morgan fingerprint density at radius 3 is 2.47 bits per heavy atom. The number of nitrogens with zero attached hydrogens (tertiary/aromatic N) is 2. The zero-order valence-electron chi connectivity index (χ0n) is 10.0. The molecule has 3 N–H and O–H groups in total. The van der Waals surface area contributed by atoms with Crippen LogP contribution in [0.2, 0.25) is 0 Å². The second-order valence-electron chi connectivity index (χ2n) is 5.01. The van der Waals surface area contributed by atoms with Gasteiger partial charge >= 0.3 is 0 Å². The molecule has 1 heterocycles. The van der Waals surface area contributed by atoms with Crippen LogP contribution in [0, 0.1) is 11.8 Å². The van der Waals surface area contributed by atoms with Crippen LogP contribution < -0.4 is 11.1 Å². The summed E-state index contributed by atoms with van der Waals surface area (Å²) in [6, 6.07) is 2.45. The largest absolute Gasteiger partial charge is 0.383 e.